The van der Waals surface area contributed by atoms with Crippen molar-refractivity contribution in [1.82, 2.24) is 0 Å². The van der Waals surface area contributed by atoms with Gasteiger partial charge < -0.3 is 4.70 Å². The van der Waals surface area contributed by atoms with E-state index in [9.17, 15) is 4.79 Å². The molecule has 0 aliphatic heterocycles. The normalized spacial score (nSPS) is 9.07. The van der Waals surface area contributed by atoms with E-state index < -0.39 is 0 Å². The number of benzene rings is 2. The summed E-state index contributed by atoms with van der Waals surface area (Å²) < 4.78 is 0. The molecule has 0 aliphatic rings. The van der Waals surface area contributed by atoms with Crippen LogP contribution in [0.25, 0.3) is 0 Å². The summed E-state index contributed by atoms with van der Waals surface area (Å²) in [7, 11) is 0. The van der Waals surface area contributed by atoms with Crippen molar-refractivity contribution >= 4 is 5.78 Å². The highest BCUT2D eigenvalue weighted by molar-refractivity contribution is 6.08. The van der Waals surface area contributed by atoms with Gasteiger partial charge in [-0.3, -0.25) is 4.79 Å². The summed E-state index contributed by atoms with van der Waals surface area (Å²) >= 11 is 0. The van der Waals surface area contributed by atoms with E-state index in [1.165, 1.54) is 0 Å². The van der Waals surface area contributed by atoms with E-state index in [-0.39, 0.29) is 11.9 Å². The van der Waals surface area contributed by atoms with Crippen molar-refractivity contribution in [3.8, 4) is 0 Å². The standard InChI is InChI=1S/C13H10O.FH/c14-13(11-7-3-1-4-8-11)12-9-5-2-6-10-12;/h1-10H;1H. The Bertz CT molecular complexity index is 387. The third kappa shape index (κ3) is 2.50. The van der Waals surface area contributed by atoms with Crippen molar-refractivity contribution in [2.75, 3.05) is 0 Å². The van der Waals surface area contributed by atoms with Crippen LogP contribution < -0.4 is 4.70 Å². The lowest BCUT2D eigenvalue weighted by atomic mass is 10.0. The van der Waals surface area contributed by atoms with Gasteiger partial charge in [-0.15, -0.1) is 0 Å². The van der Waals surface area contributed by atoms with Gasteiger partial charge in [0.2, 0.25) is 0 Å². The van der Waals surface area contributed by atoms with Gasteiger partial charge in [0.15, 0.2) is 5.78 Å². The van der Waals surface area contributed by atoms with Crippen LogP contribution in [0.15, 0.2) is 60.7 Å². The second-order valence-electron chi connectivity index (χ2n) is 3.06. The average Bonchev–Trinajstić information content (AvgIpc) is 2.30. The number of hydrogen-bond acceptors (Lipinski definition) is 1. The van der Waals surface area contributed by atoms with Gasteiger partial charge in [-0.1, -0.05) is 60.7 Å². The highest BCUT2D eigenvalue weighted by Gasteiger charge is 2.06. The number of carbonyl (C=O) groups excluding carboxylic acids is 1. The molecule has 0 saturated heterocycles. The zero-order valence-electron chi connectivity index (χ0n) is 9.06. The van der Waals surface area contributed by atoms with Gasteiger partial charge in [-0.05, 0) is 0 Å². The Morgan fingerprint density at radius 1 is 0.733 bits per heavy atom. The molecule has 1 nitrogen and oxygen atoms in total. The first-order chi connectivity index (χ1) is 6.88. The first-order valence-corrected chi connectivity index (χ1v) is 4.53. The molecule has 0 N–H and O–H groups in total. The van der Waals surface area contributed by atoms with Crippen LogP contribution in [0.3, 0.4) is 0 Å². The van der Waals surface area contributed by atoms with E-state index in [0.29, 0.717) is 0 Å². The minimum absolute atomic E-state index is 0. The lowest BCUT2D eigenvalue weighted by Crippen LogP contribution is -3.00. The zero-order valence-corrected chi connectivity index (χ0v) is 8.06. The van der Waals surface area contributed by atoms with Gasteiger partial charge in [0.05, 0.1) is 0 Å². The van der Waals surface area contributed by atoms with Crippen molar-refractivity contribution in [3.05, 3.63) is 71.8 Å². The maximum Gasteiger partial charge on any atom is 1.00 e. The van der Waals surface area contributed by atoms with Crippen molar-refractivity contribution in [3.63, 3.8) is 0 Å². The number of ketones is 1. The SMILES string of the molecule is O=C(c1ccccc1)c1ccccc1.[F-].[H+]. The van der Waals surface area contributed by atoms with Gasteiger partial charge in [0.25, 0.3) is 0 Å². The molecule has 2 heteroatoms. The maximum atomic E-state index is 11.8. The summed E-state index contributed by atoms with van der Waals surface area (Å²) in [5.41, 5.74) is 1.47. The molecule has 0 heterocycles. The molecular weight excluding hydrogens is 191 g/mol. The average molecular weight is 202 g/mol. The molecule has 0 aliphatic carbocycles. The fourth-order valence-electron chi connectivity index (χ4n) is 1.35. The fourth-order valence-corrected chi connectivity index (χ4v) is 1.35. The fraction of sp³-hybridized carbons (Fsp3) is 0. The lowest BCUT2D eigenvalue weighted by molar-refractivity contribution is -0.0000100. The van der Waals surface area contributed by atoms with Crippen molar-refractivity contribution < 1.29 is 10.9 Å². The van der Waals surface area contributed by atoms with Gasteiger partial charge in [-0.25, -0.2) is 0 Å². The topological polar surface area (TPSA) is 17.1 Å². The predicted molar refractivity (Wildman–Crippen MR) is 57.4 cm³/mol. The largest absolute Gasteiger partial charge is 1.00 e. The van der Waals surface area contributed by atoms with Gasteiger partial charge >= 0.3 is 1.43 Å². The quantitative estimate of drug-likeness (QED) is 0.628. The van der Waals surface area contributed by atoms with E-state index in [0.717, 1.165) is 11.1 Å². The third-order valence-electron chi connectivity index (χ3n) is 2.07. The molecule has 0 amide bonds. The second-order valence-corrected chi connectivity index (χ2v) is 3.06. The van der Waals surface area contributed by atoms with E-state index in [2.05, 4.69) is 0 Å². The van der Waals surface area contributed by atoms with Crippen LogP contribution in [0.5, 0.6) is 0 Å². The molecule has 15 heavy (non-hydrogen) atoms. The molecule has 2 rings (SSSR count). The van der Waals surface area contributed by atoms with Crippen LogP contribution in [0.1, 0.15) is 17.3 Å². The molecule has 0 fully saturated rings. The number of hydrogen-bond donors (Lipinski definition) is 0. The molecule has 0 spiro atoms. The number of rotatable bonds is 2. The minimum Gasteiger partial charge on any atom is -1.00 e. The van der Waals surface area contributed by atoms with Crippen LogP contribution >= 0.6 is 0 Å². The predicted octanol–water partition coefficient (Wildman–Crippen LogP) is 0.0341. The molecule has 2 aromatic carbocycles. The maximum absolute atomic E-state index is 11.8. The zero-order chi connectivity index (χ0) is 9.80. The Hall–Kier alpha value is -1.96. The number of carbonyl (C=O) groups is 1. The summed E-state index contributed by atoms with van der Waals surface area (Å²) in [6.07, 6.45) is 0. The first-order valence-electron chi connectivity index (χ1n) is 4.53. The molecule has 0 radical (unpaired) electrons. The monoisotopic (exact) mass is 202 g/mol. The molecule has 0 atom stereocenters. The molecule has 76 valence electrons. The van der Waals surface area contributed by atoms with E-state index >= 15 is 0 Å². The van der Waals surface area contributed by atoms with Crippen molar-refractivity contribution in [1.29, 1.82) is 0 Å². The summed E-state index contributed by atoms with van der Waals surface area (Å²) in [6.45, 7) is 0. The van der Waals surface area contributed by atoms with E-state index in [1.54, 1.807) is 0 Å². The summed E-state index contributed by atoms with van der Waals surface area (Å²) in [5, 5.41) is 0. The van der Waals surface area contributed by atoms with Gasteiger partial charge in [0, 0.05) is 11.1 Å². The smallest absolute Gasteiger partial charge is 1.00 e. The van der Waals surface area contributed by atoms with Crippen LogP contribution in [0.4, 0.5) is 0 Å². The summed E-state index contributed by atoms with van der Waals surface area (Å²) in [5.74, 6) is 0.0752. The Kier molecular flexibility index (Phi) is 3.75. The minimum atomic E-state index is 0. The van der Waals surface area contributed by atoms with Gasteiger partial charge in [-0.2, -0.15) is 0 Å². The van der Waals surface area contributed by atoms with Crippen LogP contribution in [-0.2, 0) is 0 Å². The lowest BCUT2D eigenvalue weighted by Gasteiger charge is -1.99. The van der Waals surface area contributed by atoms with Crippen LogP contribution in [0.2, 0.25) is 0 Å². The van der Waals surface area contributed by atoms with Gasteiger partial charge in [0.1, 0.15) is 0 Å². The second kappa shape index (κ2) is 5.05. The van der Waals surface area contributed by atoms with Crippen LogP contribution in [-0.4, -0.2) is 5.78 Å². The van der Waals surface area contributed by atoms with Crippen LogP contribution in [0, 0.1) is 0 Å². The molecule has 0 unspecified atom stereocenters. The van der Waals surface area contributed by atoms with Crippen molar-refractivity contribution in [2.24, 2.45) is 0 Å². The summed E-state index contributed by atoms with van der Waals surface area (Å²) in [6, 6.07) is 18.6. The Labute approximate surface area is 89.2 Å². The molecular formula is C13H11FO. The Balaban J connectivity index is 0.00000112. The third-order valence-corrected chi connectivity index (χ3v) is 2.07. The van der Waals surface area contributed by atoms with E-state index in [4.69, 9.17) is 0 Å². The Morgan fingerprint density at radius 3 is 1.40 bits per heavy atom. The highest BCUT2D eigenvalue weighted by Crippen LogP contribution is 2.08. The molecule has 2 aromatic rings. The van der Waals surface area contributed by atoms with Crippen molar-refractivity contribution in [2.45, 2.75) is 0 Å². The number of halogens is 1. The first kappa shape index (κ1) is 11.1. The van der Waals surface area contributed by atoms with E-state index in [1.807, 2.05) is 60.7 Å². The molecule has 0 aromatic heterocycles. The Morgan fingerprint density at radius 2 is 1.07 bits per heavy atom. The summed E-state index contributed by atoms with van der Waals surface area (Å²) in [4.78, 5) is 11.8. The molecule has 0 bridgehead atoms. The molecule has 0 saturated carbocycles. The highest BCUT2D eigenvalue weighted by atomic mass is 19.0.